The van der Waals surface area contributed by atoms with Gasteiger partial charge in [-0.1, -0.05) is 12.1 Å². The van der Waals surface area contributed by atoms with Gasteiger partial charge in [0.25, 0.3) is 0 Å². The van der Waals surface area contributed by atoms with Crippen molar-refractivity contribution >= 4 is 28.4 Å². The van der Waals surface area contributed by atoms with Crippen molar-refractivity contribution in [3.05, 3.63) is 99.8 Å². The normalized spacial score (nSPS) is 8.50. The maximum Gasteiger partial charge on any atom is -0.0809 e. The third kappa shape index (κ3) is 5.51. The van der Waals surface area contributed by atoms with Crippen LogP contribution in [0.2, 0.25) is 0 Å². The Balaban J connectivity index is -0.000000290. The van der Waals surface area contributed by atoms with Crippen molar-refractivity contribution in [2.45, 2.75) is 0 Å². The van der Waals surface area contributed by atoms with Crippen molar-refractivity contribution in [1.82, 2.24) is 0 Å². The summed E-state index contributed by atoms with van der Waals surface area (Å²) in [6.07, 6.45) is 0. The summed E-state index contributed by atoms with van der Waals surface area (Å²) < 4.78 is 0. The standard InChI is InChI=1S/2C9H7.2CH3.Si.Zr.2H/c2*1-2-5-9-7-3-6-8(9)4-1;;;;;;/h2*1-7H;2*1H3;;;;/q4*-1;;;2*-1. The molecule has 4 aromatic rings. The topological polar surface area (TPSA) is 0 Å². The van der Waals surface area contributed by atoms with E-state index in [0.29, 0.717) is 0 Å². The molecular formula is C20H22SiZr-6. The van der Waals surface area contributed by atoms with Crippen molar-refractivity contribution in [3.8, 4) is 0 Å². The summed E-state index contributed by atoms with van der Waals surface area (Å²) in [6, 6.07) is 29.3. The third-order valence-corrected chi connectivity index (χ3v) is 3.10. The SMILES string of the molecule is [CH3-].[CH3-].[H-].[H-].[Si]=[Zr].c1ccc2[cH-]ccc2c1.c1ccc2[cH-]ccc2c1. The molecule has 0 unspecified atom stereocenters. The largest absolute Gasteiger partial charge is 0.168 e. The number of hydrogen-bond donors (Lipinski definition) is 0. The first-order valence-corrected chi connectivity index (χ1v) is 10.6. The van der Waals surface area contributed by atoms with Gasteiger partial charge in [0.15, 0.2) is 0 Å². The van der Waals surface area contributed by atoms with E-state index in [1.807, 2.05) is 0 Å². The van der Waals surface area contributed by atoms with Crippen LogP contribution in [0.3, 0.4) is 0 Å². The molecule has 2 heteroatoms. The molecule has 0 aromatic heterocycles. The number of hydrogen-bond acceptors (Lipinski definition) is 0. The molecule has 2 radical (unpaired) electrons. The van der Waals surface area contributed by atoms with Crippen LogP contribution in [0, 0.1) is 14.9 Å². The summed E-state index contributed by atoms with van der Waals surface area (Å²) in [5, 5.41) is 5.32. The Kier molecular flexibility index (Phi) is 10.7. The Hall–Kier alpha value is -1.24. The fraction of sp³-hybridized carbons (Fsp3) is 0. The Morgan fingerprint density at radius 3 is 1.36 bits per heavy atom. The van der Waals surface area contributed by atoms with Gasteiger partial charge in [0, 0.05) is 0 Å². The second-order valence-electron chi connectivity index (χ2n) is 4.31. The van der Waals surface area contributed by atoms with Crippen LogP contribution in [0.5, 0.6) is 0 Å². The molecule has 0 saturated heterocycles. The molecule has 0 spiro atoms. The van der Waals surface area contributed by atoms with Gasteiger partial charge in [0.1, 0.15) is 0 Å². The molecule has 0 aliphatic rings. The zero-order valence-electron chi connectivity index (χ0n) is 15.1. The smallest absolute Gasteiger partial charge is 0.0809 e. The van der Waals surface area contributed by atoms with E-state index in [1.54, 1.807) is 0 Å². The maximum atomic E-state index is 3.06. The van der Waals surface area contributed by atoms with Gasteiger partial charge < -0.3 is 17.7 Å². The predicted molar refractivity (Wildman–Crippen MR) is 99.9 cm³/mol. The van der Waals surface area contributed by atoms with Crippen molar-refractivity contribution in [2.75, 3.05) is 0 Å². The van der Waals surface area contributed by atoms with Crippen molar-refractivity contribution in [3.63, 3.8) is 0 Å². The molecule has 0 fully saturated rings. The summed E-state index contributed by atoms with van der Waals surface area (Å²) in [4.78, 5) is 0. The van der Waals surface area contributed by atoms with E-state index in [0.717, 1.165) is 0 Å². The summed E-state index contributed by atoms with van der Waals surface area (Å²) in [7, 11) is 0. The van der Waals surface area contributed by atoms with E-state index < -0.39 is 0 Å². The molecule has 0 saturated carbocycles. The zero-order chi connectivity index (χ0) is 14.2. The van der Waals surface area contributed by atoms with E-state index in [4.69, 9.17) is 0 Å². The van der Waals surface area contributed by atoms with Gasteiger partial charge in [0.05, 0.1) is 0 Å². The van der Waals surface area contributed by atoms with Gasteiger partial charge in [-0.3, -0.25) is 0 Å². The van der Waals surface area contributed by atoms with Gasteiger partial charge in [-0.2, -0.15) is 35.0 Å². The molecule has 0 N–H and O–H groups in total. The molecule has 0 aliphatic carbocycles. The van der Waals surface area contributed by atoms with Gasteiger partial charge >= 0.3 is 30.2 Å². The van der Waals surface area contributed by atoms with Gasteiger partial charge in [0.2, 0.25) is 0 Å². The van der Waals surface area contributed by atoms with E-state index >= 15 is 0 Å². The second-order valence-corrected chi connectivity index (χ2v) is 4.31. The number of benzene rings is 2. The average molecular weight is 382 g/mol. The molecule has 0 atom stereocenters. The molecular weight excluding hydrogens is 360 g/mol. The Labute approximate surface area is 154 Å². The van der Waals surface area contributed by atoms with Crippen LogP contribution < -0.4 is 0 Å². The first kappa shape index (κ1) is 20.8. The van der Waals surface area contributed by atoms with Crippen molar-refractivity contribution < 1.29 is 26.2 Å². The van der Waals surface area contributed by atoms with Crippen LogP contribution in [-0.4, -0.2) is 6.88 Å². The van der Waals surface area contributed by atoms with E-state index in [9.17, 15) is 0 Å². The van der Waals surface area contributed by atoms with Crippen LogP contribution in [0.1, 0.15) is 2.85 Å². The fourth-order valence-corrected chi connectivity index (χ4v) is 2.14. The average Bonchev–Trinajstić information content (AvgIpc) is 3.18. The Morgan fingerprint density at radius 2 is 1.00 bits per heavy atom. The summed E-state index contributed by atoms with van der Waals surface area (Å²) in [5.74, 6) is 0. The van der Waals surface area contributed by atoms with E-state index in [2.05, 4.69) is 91.8 Å². The molecule has 116 valence electrons. The molecule has 0 heterocycles. The molecule has 0 aliphatic heterocycles. The molecule has 4 aromatic carbocycles. The van der Waals surface area contributed by atoms with E-state index in [-0.39, 0.29) is 17.7 Å². The molecule has 4 rings (SSSR count). The summed E-state index contributed by atoms with van der Waals surface area (Å²) in [6.45, 7) is 3.06. The minimum Gasteiger partial charge on any atom is -0.168 e. The first-order chi connectivity index (χ1) is 9.93. The Bertz CT molecular complexity index is 651. The minimum atomic E-state index is 0. The third-order valence-electron chi connectivity index (χ3n) is 3.10. The summed E-state index contributed by atoms with van der Waals surface area (Å²) >= 11 is 1.36. The fourth-order valence-electron chi connectivity index (χ4n) is 2.14. The monoisotopic (exact) mass is 380 g/mol. The molecule has 22 heavy (non-hydrogen) atoms. The van der Waals surface area contributed by atoms with Crippen LogP contribution in [-0.2, 0) is 23.3 Å². The van der Waals surface area contributed by atoms with Gasteiger partial charge in [-0.05, 0) is 0 Å². The predicted octanol–water partition coefficient (Wildman–Crippen LogP) is 5.86. The van der Waals surface area contributed by atoms with Crippen LogP contribution in [0.4, 0.5) is 0 Å². The minimum absolute atomic E-state index is 0. The van der Waals surface area contributed by atoms with Crippen LogP contribution in [0.25, 0.3) is 21.5 Å². The summed E-state index contributed by atoms with van der Waals surface area (Å²) in [5.41, 5.74) is 0. The van der Waals surface area contributed by atoms with E-state index in [1.165, 1.54) is 44.9 Å². The van der Waals surface area contributed by atoms with Crippen molar-refractivity contribution in [2.24, 2.45) is 0 Å². The maximum absolute atomic E-state index is 3.06. The van der Waals surface area contributed by atoms with Crippen LogP contribution in [0.15, 0.2) is 84.9 Å². The zero-order valence-corrected chi connectivity index (χ0v) is 16.5. The second kappa shape index (κ2) is 11.3. The number of fused-ring (bicyclic) bond motifs is 2. The first-order valence-electron chi connectivity index (χ1n) is 6.39. The van der Waals surface area contributed by atoms with Crippen molar-refractivity contribution in [1.29, 1.82) is 0 Å². The Morgan fingerprint density at radius 1 is 0.636 bits per heavy atom. The van der Waals surface area contributed by atoms with Gasteiger partial charge in [-0.25, -0.2) is 0 Å². The van der Waals surface area contributed by atoms with Gasteiger partial charge in [-0.15, -0.1) is 59.3 Å². The van der Waals surface area contributed by atoms with Crippen LogP contribution >= 0.6 is 0 Å². The molecule has 0 nitrogen and oxygen atoms in total. The molecule has 0 bridgehead atoms. The quantitative estimate of drug-likeness (QED) is 0.264. The number of rotatable bonds is 0. The molecule has 0 amide bonds.